The molecular formula is C20H20N2O3S. The summed E-state index contributed by atoms with van der Waals surface area (Å²) in [4.78, 5) is 11.4. The first kappa shape index (κ1) is 17.0. The van der Waals surface area contributed by atoms with E-state index in [2.05, 4.69) is 21.7 Å². The van der Waals surface area contributed by atoms with Crippen LogP contribution in [0.4, 0.5) is 0 Å². The van der Waals surface area contributed by atoms with Crippen LogP contribution in [0.5, 0.6) is 5.75 Å². The fourth-order valence-corrected chi connectivity index (χ4v) is 4.91. The van der Waals surface area contributed by atoms with Crippen LogP contribution in [0.1, 0.15) is 42.9 Å². The Kier molecular flexibility index (Phi) is 4.59. The molecule has 1 atom stereocenters. The molecule has 0 radical (unpaired) electrons. The van der Waals surface area contributed by atoms with Crippen molar-refractivity contribution in [3.8, 4) is 5.75 Å². The van der Waals surface area contributed by atoms with Crippen molar-refractivity contribution in [2.75, 3.05) is 7.11 Å². The number of hydrogen-bond acceptors (Lipinski definition) is 6. The van der Waals surface area contributed by atoms with E-state index in [-0.39, 0.29) is 11.5 Å². The van der Waals surface area contributed by atoms with E-state index in [1.54, 1.807) is 7.11 Å². The van der Waals surface area contributed by atoms with Crippen LogP contribution in [0.15, 0.2) is 42.5 Å². The summed E-state index contributed by atoms with van der Waals surface area (Å²) in [6.07, 6.45) is 3.81. The second-order valence-electron chi connectivity index (χ2n) is 6.67. The van der Waals surface area contributed by atoms with Gasteiger partial charge in [0.05, 0.1) is 11.8 Å². The molecule has 5 nitrogen and oxygen atoms in total. The van der Waals surface area contributed by atoms with Crippen molar-refractivity contribution >= 4 is 28.2 Å². The smallest absolute Gasteiger partial charge is 0.293 e. The van der Waals surface area contributed by atoms with E-state index in [0.717, 1.165) is 47.2 Å². The number of ether oxygens (including phenoxy) is 2. The maximum Gasteiger partial charge on any atom is 0.293 e. The molecule has 1 aliphatic carbocycles. The van der Waals surface area contributed by atoms with Crippen LogP contribution in [-0.2, 0) is 14.9 Å². The monoisotopic (exact) mass is 368 g/mol. The Morgan fingerprint density at radius 2 is 1.92 bits per heavy atom. The van der Waals surface area contributed by atoms with Gasteiger partial charge in [-0.15, -0.1) is 5.10 Å². The van der Waals surface area contributed by atoms with Crippen LogP contribution in [0.25, 0.3) is 10.2 Å². The SMILES string of the molecule is COc1ccc(C2(C(OC=O)c3cccc4nnsc34)CCCC2)cc1. The molecule has 3 aromatic rings. The quantitative estimate of drug-likeness (QED) is 0.603. The van der Waals surface area contributed by atoms with Crippen molar-refractivity contribution in [2.24, 2.45) is 0 Å². The number of benzene rings is 2. The van der Waals surface area contributed by atoms with Gasteiger partial charge in [-0.25, -0.2) is 0 Å². The zero-order chi connectivity index (χ0) is 18.0. The van der Waals surface area contributed by atoms with Gasteiger partial charge in [0.1, 0.15) is 17.4 Å². The summed E-state index contributed by atoms with van der Waals surface area (Å²) in [5.74, 6) is 0.823. The van der Waals surface area contributed by atoms with Gasteiger partial charge in [0.15, 0.2) is 0 Å². The highest BCUT2D eigenvalue weighted by Crippen LogP contribution is 2.52. The van der Waals surface area contributed by atoms with Gasteiger partial charge in [0.25, 0.3) is 6.47 Å². The van der Waals surface area contributed by atoms with Crippen LogP contribution in [0.3, 0.4) is 0 Å². The van der Waals surface area contributed by atoms with Gasteiger partial charge in [-0.2, -0.15) is 0 Å². The summed E-state index contributed by atoms with van der Waals surface area (Å²) in [7, 11) is 1.66. The number of nitrogens with zero attached hydrogens (tertiary/aromatic N) is 2. The molecule has 134 valence electrons. The summed E-state index contributed by atoms with van der Waals surface area (Å²) in [5.41, 5.74) is 2.76. The van der Waals surface area contributed by atoms with Crippen molar-refractivity contribution in [1.29, 1.82) is 0 Å². The maximum absolute atomic E-state index is 11.4. The lowest BCUT2D eigenvalue weighted by Crippen LogP contribution is -2.32. The molecular weight excluding hydrogens is 348 g/mol. The first-order valence-electron chi connectivity index (χ1n) is 8.73. The highest BCUT2D eigenvalue weighted by molar-refractivity contribution is 7.13. The molecule has 26 heavy (non-hydrogen) atoms. The Hall–Kier alpha value is -2.47. The molecule has 1 heterocycles. The molecule has 1 unspecified atom stereocenters. The summed E-state index contributed by atoms with van der Waals surface area (Å²) in [6.45, 7) is 0.571. The molecule has 2 aromatic carbocycles. The van der Waals surface area contributed by atoms with Gasteiger partial charge in [0, 0.05) is 11.0 Å². The summed E-state index contributed by atoms with van der Waals surface area (Å²) in [5, 5.41) is 4.17. The van der Waals surface area contributed by atoms with Crippen molar-refractivity contribution in [3.05, 3.63) is 53.6 Å². The summed E-state index contributed by atoms with van der Waals surface area (Å²) >= 11 is 1.35. The zero-order valence-corrected chi connectivity index (χ0v) is 15.4. The third-order valence-electron chi connectivity index (χ3n) is 5.44. The third-order valence-corrected chi connectivity index (χ3v) is 6.23. The number of hydrogen-bond donors (Lipinski definition) is 0. The first-order chi connectivity index (χ1) is 12.8. The van der Waals surface area contributed by atoms with Gasteiger partial charge in [-0.05, 0) is 48.1 Å². The minimum absolute atomic E-state index is 0.245. The van der Waals surface area contributed by atoms with Crippen LogP contribution in [-0.4, -0.2) is 23.2 Å². The lowest BCUT2D eigenvalue weighted by Gasteiger charge is -2.37. The average Bonchev–Trinajstić information content (AvgIpc) is 3.36. The molecule has 1 aliphatic rings. The van der Waals surface area contributed by atoms with E-state index >= 15 is 0 Å². The molecule has 0 amide bonds. The standard InChI is InChI=1S/C20H20N2O3S/c1-24-15-9-7-14(8-10-15)20(11-2-3-12-20)19(25-13-23)16-5-4-6-17-18(16)26-22-21-17/h4-10,13,19H,2-3,11-12H2,1H3. The molecule has 0 spiro atoms. The highest BCUT2D eigenvalue weighted by atomic mass is 32.1. The van der Waals surface area contributed by atoms with Crippen LogP contribution < -0.4 is 4.74 Å². The van der Waals surface area contributed by atoms with Gasteiger partial charge in [-0.1, -0.05) is 41.6 Å². The lowest BCUT2D eigenvalue weighted by atomic mass is 9.71. The minimum Gasteiger partial charge on any atom is -0.497 e. The molecule has 1 aromatic heterocycles. The molecule has 4 rings (SSSR count). The third kappa shape index (κ3) is 2.74. The number of fused-ring (bicyclic) bond motifs is 1. The van der Waals surface area contributed by atoms with Gasteiger partial charge in [0.2, 0.25) is 0 Å². The number of carbonyl (C=O) groups is 1. The maximum atomic E-state index is 11.4. The molecule has 0 aliphatic heterocycles. The average molecular weight is 368 g/mol. The minimum atomic E-state index is -0.359. The van der Waals surface area contributed by atoms with E-state index in [0.29, 0.717) is 6.47 Å². The normalized spacial score (nSPS) is 17.1. The predicted octanol–water partition coefficient (Wildman–Crippen LogP) is 4.43. The largest absolute Gasteiger partial charge is 0.497 e. The van der Waals surface area contributed by atoms with Crippen LogP contribution >= 0.6 is 11.5 Å². The second-order valence-corrected chi connectivity index (χ2v) is 7.43. The zero-order valence-electron chi connectivity index (χ0n) is 14.6. The Morgan fingerprint density at radius 3 is 2.62 bits per heavy atom. The van der Waals surface area contributed by atoms with Crippen LogP contribution in [0, 0.1) is 0 Å². The first-order valence-corrected chi connectivity index (χ1v) is 9.50. The van der Waals surface area contributed by atoms with E-state index in [1.165, 1.54) is 17.1 Å². The fraction of sp³-hybridized carbons (Fsp3) is 0.350. The topological polar surface area (TPSA) is 61.3 Å². The van der Waals surface area contributed by atoms with Crippen molar-refractivity contribution in [1.82, 2.24) is 9.59 Å². The van der Waals surface area contributed by atoms with E-state index in [1.807, 2.05) is 30.3 Å². The molecule has 1 fully saturated rings. The molecule has 0 bridgehead atoms. The summed E-state index contributed by atoms with van der Waals surface area (Å²) in [6, 6.07) is 14.1. The van der Waals surface area contributed by atoms with Gasteiger partial charge >= 0.3 is 0 Å². The Balaban J connectivity index is 1.86. The highest BCUT2D eigenvalue weighted by Gasteiger charge is 2.46. The Labute approximate surface area is 156 Å². The van der Waals surface area contributed by atoms with E-state index < -0.39 is 0 Å². The predicted molar refractivity (Wildman–Crippen MR) is 100 cm³/mol. The van der Waals surface area contributed by atoms with E-state index in [4.69, 9.17) is 9.47 Å². The number of methoxy groups -OCH3 is 1. The number of rotatable bonds is 6. The summed E-state index contributed by atoms with van der Waals surface area (Å²) < 4.78 is 16.1. The molecule has 6 heteroatoms. The van der Waals surface area contributed by atoms with Crippen molar-refractivity contribution in [3.63, 3.8) is 0 Å². The molecule has 1 saturated carbocycles. The fourth-order valence-electron chi connectivity index (χ4n) is 4.22. The number of aromatic nitrogens is 2. The van der Waals surface area contributed by atoms with Crippen LogP contribution in [0.2, 0.25) is 0 Å². The van der Waals surface area contributed by atoms with Gasteiger partial charge in [-0.3, -0.25) is 4.79 Å². The molecule has 0 N–H and O–H groups in total. The van der Waals surface area contributed by atoms with Crippen molar-refractivity contribution < 1.29 is 14.3 Å². The molecule has 0 saturated heterocycles. The van der Waals surface area contributed by atoms with E-state index in [9.17, 15) is 4.79 Å². The lowest BCUT2D eigenvalue weighted by molar-refractivity contribution is -0.137. The Morgan fingerprint density at radius 1 is 1.15 bits per heavy atom. The number of carbonyl (C=O) groups excluding carboxylic acids is 1. The van der Waals surface area contributed by atoms with Gasteiger partial charge < -0.3 is 9.47 Å². The second kappa shape index (κ2) is 7.03. The Bertz CT molecular complexity index is 901. The van der Waals surface area contributed by atoms with Crippen molar-refractivity contribution in [2.45, 2.75) is 37.2 Å².